The molecule has 0 saturated heterocycles. The van der Waals surface area contributed by atoms with E-state index in [2.05, 4.69) is 15.3 Å². The Kier molecular flexibility index (Phi) is 6.31. The fraction of sp³-hybridized carbons (Fsp3) is 0.0385. The Hall–Kier alpha value is -4.26. The van der Waals surface area contributed by atoms with E-state index < -0.39 is 11.7 Å². The van der Waals surface area contributed by atoms with Crippen molar-refractivity contribution in [3.63, 3.8) is 0 Å². The van der Waals surface area contributed by atoms with Gasteiger partial charge in [-0.15, -0.1) is 0 Å². The number of amides is 1. The van der Waals surface area contributed by atoms with Crippen molar-refractivity contribution in [2.45, 2.75) is 6.18 Å². The summed E-state index contributed by atoms with van der Waals surface area (Å²) >= 11 is 0. The van der Waals surface area contributed by atoms with Gasteiger partial charge in [0.05, 0.1) is 5.56 Å². The second-order valence-corrected chi connectivity index (χ2v) is 7.14. The molecule has 0 unspecified atom stereocenters. The highest BCUT2D eigenvalue weighted by molar-refractivity contribution is 6.06. The van der Waals surface area contributed by atoms with Crippen LogP contribution < -0.4 is 5.32 Å². The smallest absolute Gasteiger partial charge is 0.322 e. The van der Waals surface area contributed by atoms with E-state index in [-0.39, 0.29) is 5.91 Å². The van der Waals surface area contributed by atoms with Gasteiger partial charge in [-0.3, -0.25) is 14.8 Å². The predicted octanol–water partition coefficient (Wildman–Crippen LogP) is 6.28. The lowest BCUT2D eigenvalue weighted by atomic mass is 9.97. The Morgan fingerprint density at radius 2 is 1.55 bits per heavy atom. The molecule has 2 heterocycles. The van der Waals surface area contributed by atoms with E-state index in [4.69, 9.17) is 0 Å². The highest BCUT2D eigenvalue weighted by Gasteiger charge is 2.30. The predicted molar refractivity (Wildman–Crippen MR) is 122 cm³/mol. The molecule has 7 heteroatoms. The van der Waals surface area contributed by atoms with Crippen molar-refractivity contribution in [2.75, 3.05) is 5.32 Å². The summed E-state index contributed by atoms with van der Waals surface area (Å²) in [5.74, 6) is -0.336. The van der Waals surface area contributed by atoms with Crippen LogP contribution in [-0.4, -0.2) is 15.9 Å². The standard InChI is InChI=1S/C26H18F3N3O/c27-26(28,29)21-9-7-18(8-10-21)22(19-11-14-30-15-12-19)4-2-6-25(33)32-24-5-1-3-20-17-31-16-13-23(20)24/h1-17H,(H,32,33)/b6-2+,22-4-. The molecule has 0 fully saturated rings. The summed E-state index contributed by atoms with van der Waals surface area (Å²) in [7, 11) is 0. The van der Waals surface area contributed by atoms with Crippen LogP contribution in [0.15, 0.2) is 104 Å². The van der Waals surface area contributed by atoms with Crippen LogP contribution in [0.4, 0.5) is 18.9 Å². The number of alkyl halides is 3. The molecule has 4 rings (SSSR count). The summed E-state index contributed by atoms with van der Waals surface area (Å²) in [5.41, 5.74) is 1.94. The number of pyridine rings is 2. The zero-order chi connectivity index (χ0) is 23.3. The van der Waals surface area contributed by atoms with E-state index in [1.54, 1.807) is 55.1 Å². The molecule has 0 saturated carbocycles. The molecular formula is C26H18F3N3O. The molecule has 0 atom stereocenters. The van der Waals surface area contributed by atoms with E-state index in [0.717, 1.165) is 28.5 Å². The highest BCUT2D eigenvalue weighted by atomic mass is 19.4. The van der Waals surface area contributed by atoms with Crippen LogP contribution >= 0.6 is 0 Å². The Bertz CT molecular complexity index is 1320. The molecule has 0 aliphatic heterocycles. The minimum absolute atomic E-state index is 0.336. The molecule has 0 aliphatic carbocycles. The van der Waals surface area contributed by atoms with E-state index in [9.17, 15) is 18.0 Å². The number of halogens is 3. The van der Waals surface area contributed by atoms with Crippen molar-refractivity contribution < 1.29 is 18.0 Å². The number of carbonyl (C=O) groups excluding carboxylic acids is 1. The monoisotopic (exact) mass is 445 g/mol. The molecule has 2 aromatic carbocycles. The molecular weight excluding hydrogens is 427 g/mol. The van der Waals surface area contributed by atoms with Gasteiger partial charge in [0, 0.05) is 47.3 Å². The molecule has 1 N–H and O–H groups in total. The number of hydrogen-bond acceptors (Lipinski definition) is 3. The lowest BCUT2D eigenvalue weighted by molar-refractivity contribution is -0.137. The van der Waals surface area contributed by atoms with Gasteiger partial charge in [0.15, 0.2) is 0 Å². The molecule has 1 amide bonds. The molecule has 164 valence electrons. The molecule has 4 nitrogen and oxygen atoms in total. The van der Waals surface area contributed by atoms with Crippen molar-refractivity contribution in [1.29, 1.82) is 0 Å². The van der Waals surface area contributed by atoms with E-state index >= 15 is 0 Å². The number of hydrogen-bond donors (Lipinski definition) is 1. The third-order valence-corrected chi connectivity index (χ3v) is 4.96. The number of fused-ring (bicyclic) bond motifs is 1. The Morgan fingerprint density at radius 3 is 2.27 bits per heavy atom. The van der Waals surface area contributed by atoms with Gasteiger partial charge in [-0.05, 0) is 53.1 Å². The summed E-state index contributed by atoms with van der Waals surface area (Å²) in [6.07, 6.45) is 6.77. The lowest BCUT2D eigenvalue weighted by Crippen LogP contribution is -2.08. The Morgan fingerprint density at radius 1 is 0.848 bits per heavy atom. The van der Waals surface area contributed by atoms with Gasteiger partial charge in [0.2, 0.25) is 5.91 Å². The first-order valence-corrected chi connectivity index (χ1v) is 10.0. The molecule has 2 aromatic heterocycles. The number of nitrogens with one attached hydrogen (secondary N) is 1. The van der Waals surface area contributed by atoms with Crippen molar-refractivity contribution in [3.05, 3.63) is 120 Å². The first-order valence-electron chi connectivity index (χ1n) is 10.0. The van der Waals surface area contributed by atoms with Gasteiger partial charge in [-0.1, -0.05) is 36.4 Å². The van der Waals surface area contributed by atoms with Crippen LogP contribution in [-0.2, 0) is 11.0 Å². The van der Waals surface area contributed by atoms with Crippen LogP contribution in [0.5, 0.6) is 0 Å². The third-order valence-electron chi connectivity index (χ3n) is 4.96. The quantitative estimate of drug-likeness (QED) is 0.291. The zero-order valence-corrected chi connectivity index (χ0v) is 17.3. The molecule has 0 radical (unpaired) electrons. The summed E-state index contributed by atoms with van der Waals surface area (Å²) < 4.78 is 38.8. The van der Waals surface area contributed by atoms with Crippen LogP contribution in [0.3, 0.4) is 0 Å². The maximum atomic E-state index is 12.9. The van der Waals surface area contributed by atoms with Crippen LogP contribution in [0.25, 0.3) is 16.3 Å². The molecule has 0 bridgehead atoms. The first-order chi connectivity index (χ1) is 15.9. The maximum absolute atomic E-state index is 12.9. The second-order valence-electron chi connectivity index (χ2n) is 7.14. The number of anilines is 1. The number of nitrogens with zero attached hydrogens (tertiary/aromatic N) is 2. The van der Waals surface area contributed by atoms with Crippen LogP contribution in [0.1, 0.15) is 16.7 Å². The topological polar surface area (TPSA) is 54.9 Å². The largest absolute Gasteiger partial charge is 0.416 e. The fourth-order valence-corrected chi connectivity index (χ4v) is 3.37. The van der Waals surface area contributed by atoms with Crippen LogP contribution in [0, 0.1) is 0 Å². The number of carbonyl (C=O) groups is 1. The fourth-order valence-electron chi connectivity index (χ4n) is 3.37. The normalized spacial score (nSPS) is 12.3. The van der Waals surface area contributed by atoms with Gasteiger partial charge >= 0.3 is 6.18 Å². The van der Waals surface area contributed by atoms with Crippen molar-refractivity contribution in [2.24, 2.45) is 0 Å². The number of rotatable bonds is 5. The van der Waals surface area contributed by atoms with Gasteiger partial charge in [0.1, 0.15) is 0 Å². The molecule has 4 aromatic rings. The minimum atomic E-state index is -4.41. The van der Waals surface area contributed by atoms with Gasteiger partial charge < -0.3 is 5.32 Å². The third kappa shape index (κ3) is 5.33. The minimum Gasteiger partial charge on any atom is -0.322 e. The van der Waals surface area contributed by atoms with E-state index in [1.807, 2.05) is 18.2 Å². The van der Waals surface area contributed by atoms with Crippen LogP contribution in [0.2, 0.25) is 0 Å². The average molecular weight is 445 g/mol. The Labute approximate surface area is 188 Å². The zero-order valence-electron chi connectivity index (χ0n) is 17.3. The lowest BCUT2D eigenvalue weighted by Gasteiger charge is -2.10. The van der Waals surface area contributed by atoms with Gasteiger partial charge in [-0.25, -0.2) is 0 Å². The Balaban J connectivity index is 1.59. The van der Waals surface area contributed by atoms with Gasteiger partial charge in [0.25, 0.3) is 0 Å². The summed E-state index contributed by atoms with van der Waals surface area (Å²) in [4.78, 5) is 20.6. The first kappa shape index (κ1) is 22.0. The second kappa shape index (κ2) is 9.48. The average Bonchev–Trinajstić information content (AvgIpc) is 2.82. The number of benzene rings is 2. The summed E-state index contributed by atoms with van der Waals surface area (Å²) in [6, 6.07) is 15.8. The van der Waals surface area contributed by atoms with Crippen molar-refractivity contribution in [1.82, 2.24) is 9.97 Å². The summed E-state index contributed by atoms with van der Waals surface area (Å²) in [5, 5.41) is 4.62. The van der Waals surface area contributed by atoms with Gasteiger partial charge in [-0.2, -0.15) is 13.2 Å². The molecule has 33 heavy (non-hydrogen) atoms. The number of allylic oxidation sites excluding steroid dienone is 2. The van der Waals surface area contributed by atoms with Crippen molar-refractivity contribution in [3.8, 4) is 0 Å². The van der Waals surface area contributed by atoms with E-state index in [1.165, 1.54) is 18.2 Å². The number of aromatic nitrogens is 2. The summed E-state index contributed by atoms with van der Waals surface area (Å²) in [6.45, 7) is 0. The highest BCUT2D eigenvalue weighted by Crippen LogP contribution is 2.31. The molecule has 0 aliphatic rings. The maximum Gasteiger partial charge on any atom is 0.416 e. The molecule has 0 spiro atoms. The van der Waals surface area contributed by atoms with Crippen molar-refractivity contribution >= 4 is 27.9 Å². The van der Waals surface area contributed by atoms with E-state index in [0.29, 0.717) is 16.8 Å². The SMILES string of the molecule is O=C(/C=C/C=C(\c1ccncc1)c1ccc(C(F)(F)F)cc1)Nc1cccc2cnccc12.